The molecule has 0 spiro atoms. The van der Waals surface area contributed by atoms with Gasteiger partial charge in [0, 0.05) is 23.1 Å². The van der Waals surface area contributed by atoms with Crippen molar-refractivity contribution < 1.29 is 19.9 Å². The van der Waals surface area contributed by atoms with Gasteiger partial charge in [0.25, 0.3) is 5.91 Å². The van der Waals surface area contributed by atoms with Crippen LogP contribution in [0.5, 0.6) is 0 Å². The van der Waals surface area contributed by atoms with Crippen molar-refractivity contribution >= 4 is 28.3 Å². The third-order valence-corrected chi connectivity index (χ3v) is 5.72. The first-order valence-corrected chi connectivity index (χ1v) is 9.87. The molecule has 1 aliphatic rings. The smallest absolute Gasteiger partial charge is 0.290 e. The predicted molar refractivity (Wildman–Crippen MR) is 116 cm³/mol. The molecule has 1 aliphatic heterocycles. The van der Waals surface area contributed by atoms with Crippen LogP contribution >= 0.6 is 0 Å². The molecule has 0 radical (unpaired) electrons. The number of Topliss-reactive ketones (excluding diaryl/α,β-unsaturated/α-hetero) is 1. The van der Waals surface area contributed by atoms with E-state index in [0.29, 0.717) is 12.0 Å². The number of carbonyl (C=O) groups excluding carboxylic acids is 2. The topological polar surface area (TPSA) is 120 Å². The molecule has 1 amide bonds. The Morgan fingerprint density at radius 1 is 1.23 bits per heavy atom. The summed E-state index contributed by atoms with van der Waals surface area (Å²) in [5.74, 6) is -1.65. The molecule has 0 bridgehead atoms. The van der Waals surface area contributed by atoms with Gasteiger partial charge in [-0.15, -0.1) is 0 Å². The summed E-state index contributed by atoms with van der Waals surface area (Å²) in [6.07, 6.45) is 0.504. The fourth-order valence-corrected chi connectivity index (χ4v) is 4.29. The molecule has 160 valence electrons. The molecule has 0 saturated carbocycles. The summed E-state index contributed by atoms with van der Waals surface area (Å²) in [5.41, 5.74) is 3.42. The van der Waals surface area contributed by atoms with Gasteiger partial charge in [-0.05, 0) is 49.6 Å². The zero-order valence-electron chi connectivity index (χ0n) is 17.1. The van der Waals surface area contributed by atoms with Gasteiger partial charge >= 0.3 is 0 Å². The third-order valence-electron chi connectivity index (χ3n) is 5.72. The van der Waals surface area contributed by atoms with Gasteiger partial charge in [-0.25, -0.2) is 0 Å². The first-order chi connectivity index (χ1) is 14.8. The molecule has 8 heteroatoms. The highest BCUT2D eigenvalue weighted by Crippen LogP contribution is 2.39. The van der Waals surface area contributed by atoms with Gasteiger partial charge in [-0.2, -0.15) is 0 Å². The molecule has 31 heavy (non-hydrogen) atoms. The summed E-state index contributed by atoms with van der Waals surface area (Å²) in [4.78, 5) is 29.9. The van der Waals surface area contributed by atoms with Crippen LogP contribution in [0.25, 0.3) is 10.9 Å². The highest BCUT2D eigenvalue weighted by atomic mass is 16.8. The Balaban J connectivity index is 1.71. The van der Waals surface area contributed by atoms with Crippen molar-refractivity contribution in [3.05, 3.63) is 81.9 Å². The van der Waals surface area contributed by atoms with Crippen LogP contribution in [0.2, 0.25) is 0 Å². The monoisotopic (exact) mass is 420 g/mol. The first-order valence-electron chi connectivity index (χ1n) is 9.87. The number of aliphatic hydroxyl groups excluding tert-OH is 1. The van der Waals surface area contributed by atoms with E-state index in [2.05, 4.69) is 4.98 Å². The van der Waals surface area contributed by atoms with E-state index in [1.165, 1.54) is 24.0 Å². The van der Waals surface area contributed by atoms with Gasteiger partial charge in [-0.3, -0.25) is 14.8 Å². The van der Waals surface area contributed by atoms with Crippen LogP contribution in [0.1, 0.15) is 29.8 Å². The molecule has 0 unspecified atom stereocenters. The lowest BCUT2D eigenvalue weighted by molar-refractivity contribution is -0.129. The van der Waals surface area contributed by atoms with Gasteiger partial charge in [0.2, 0.25) is 0 Å². The molecule has 2 aromatic carbocycles. The number of ketones is 1. The first kappa shape index (κ1) is 20.6. The summed E-state index contributed by atoms with van der Waals surface area (Å²) in [5, 5.41) is 31.8. The maximum atomic E-state index is 12.9. The highest BCUT2D eigenvalue weighted by molar-refractivity contribution is 6.08. The number of aromatic nitrogens is 1. The Labute approximate surface area is 178 Å². The number of para-hydroxylation sites is 1. The minimum Gasteiger partial charge on any atom is -0.733 e. The number of carbonyl (C=O) groups is 2. The number of H-pyrrole nitrogens is 1. The quantitative estimate of drug-likeness (QED) is 0.523. The van der Waals surface area contributed by atoms with Gasteiger partial charge in [0.1, 0.15) is 0 Å². The lowest BCUT2D eigenvalue weighted by Crippen LogP contribution is -2.33. The number of benzene rings is 2. The number of nitrogens with one attached hydrogen (secondary N) is 1. The SMILES string of the molecule is CC(=O)C1=C(O)C(=O)N(CCc2c(C)[nH]c3ccccc23)[C@H]1c1cccc(N([O-])O)c1. The molecule has 0 aliphatic carbocycles. The molecular weight excluding hydrogens is 398 g/mol. The number of hydrogen-bond donors (Lipinski definition) is 3. The number of nitrogens with zero attached hydrogens (tertiary/aromatic N) is 2. The van der Waals surface area contributed by atoms with Crippen molar-refractivity contribution in [3.8, 4) is 0 Å². The predicted octanol–water partition coefficient (Wildman–Crippen LogP) is 3.70. The van der Waals surface area contributed by atoms with Crippen molar-refractivity contribution in [2.24, 2.45) is 0 Å². The average molecular weight is 420 g/mol. The van der Waals surface area contributed by atoms with Gasteiger partial charge < -0.3 is 25.4 Å². The Kier molecular flexibility index (Phi) is 5.26. The normalized spacial score (nSPS) is 16.5. The van der Waals surface area contributed by atoms with Crippen LogP contribution in [0.15, 0.2) is 59.9 Å². The Bertz CT molecular complexity index is 1210. The second kappa shape index (κ2) is 7.90. The Morgan fingerprint density at radius 3 is 2.68 bits per heavy atom. The minimum atomic E-state index is -0.851. The largest absolute Gasteiger partial charge is 0.733 e. The molecule has 0 saturated heterocycles. The maximum Gasteiger partial charge on any atom is 0.290 e. The van der Waals surface area contributed by atoms with Crippen molar-refractivity contribution in [2.45, 2.75) is 26.3 Å². The van der Waals surface area contributed by atoms with Crippen molar-refractivity contribution in [3.63, 3.8) is 0 Å². The fourth-order valence-electron chi connectivity index (χ4n) is 4.29. The third kappa shape index (κ3) is 3.56. The fraction of sp³-hybridized carbons (Fsp3) is 0.217. The number of fused-ring (bicyclic) bond motifs is 1. The lowest BCUT2D eigenvalue weighted by Gasteiger charge is -2.28. The van der Waals surface area contributed by atoms with E-state index in [1.54, 1.807) is 12.1 Å². The van der Waals surface area contributed by atoms with E-state index in [4.69, 9.17) is 0 Å². The van der Waals surface area contributed by atoms with E-state index in [9.17, 15) is 25.1 Å². The average Bonchev–Trinajstić information content (AvgIpc) is 3.19. The molecule has 1 atom stereocenters. The van der Waals surface area contributed by atoms with Gasteiger partial charge in [0.05, 0.1) is 17.3 Å². The summed E-state index contributed by atoms with van der Waals surface area (Å²) in [7, 11) is 0. The van der Waals surface area contributed by atoms with E-state index >= 15 is 0 Å². The molecule has 3 aromatic rings. The van der Waals surface area contributed by atoms with Crippen molar-refractivity contribution in [1.82, 2.24) is 9.88 Å². The van der Waals surface area contributed by atoms with Crippen molar-refractivity contribution in [2.75, 3.05) is 11.8 Å². The summed E-state index contributed by atoms with van der Waals surface area (Å²) in [6.45, 7) is 3.50. The second-order valence-corrected chi connectivity index (χ2v) is 7.61. The molecule has 3 N–H and O–H groups in total. The van der Waals surface area contributed by atoms with Crippen LogP contribution in [0.4, 0.5) is 5.69 Å². The van der Waals surface area contributed by atoms with Crippen molar-refractivity contribution in [1.29, 1.82) is 0 Å². The van der Waals surface area contributed by atoms with Gasteiger partial charge in [-0.1, -0.05) is 30.3 Å². The van der Waals surface area contributed by atoms with Crippen LogP contribution in [0.3, 0.4) is 0 Å². The molecule has 4 rings (SSSR count). The number of aliphatic hydroxyl groups is 1. The van der Waals surface area contributed by atoms with Crippen LogP contribution in [0, 0.1) is 12.1 Å². The van der Waals surface area contributed by atoms with E-state index < -0.39 is 23.5 Å². The summed E-state index contributed by atoms with van der Waals surface area (Å²) in [6, 6.07) is 13.0. The highest BCUT2D eigenvalue weighted by Gasteiger charge is 2.42. The number of hydrogen-bond acceptors (Lipinski definition) is 6. The maximum absolute atomic E-state index is 12.9. The number of amides is 1. The summed E-state index contributed by atoms with van der Waals surface area (Å²) < 4.78 is 0. The number of aromatic amines is 1. The van der Waals surface area contributed by atoms with E-state index in [0.717, 1.165) is 22.2 Å². The number of rotatable bonds is 6. The standard InChI is InChI=1S/C23H22N3O5/c1-13-17(18-8-3-4-9-19(18)24-13)10-11-25-21(20(14(2)27)22(28)23(25)29)15-6-5-7-16(12-15)26(30)31/h3-9,12,21,24,28,30H,10-11H2,1-2H3/q-1/t21-/m0/s1. The molecule has 0 fully saturated rings. The minimum absolute atomic E-state index is 0.0202. The van der Waals surface area contributed by atoms with Crippen LogP contribution in [-0.4, -0.2) is 38.4 Å². The van der Waals surface area contributed by atoms with E-state index in [-0.39, 0.29) is 23.0 Å². The number of anilines is 1. The van der Waals surface area contributed by atoms with Crippen LogP contribution < -0.4 is 5.23 Å². The molecule has 8 nitrogen and oxygen atoms in total. The van der Waals surface area contributed by atoms with E-state index in [1.807, 2.05) is 31.2 Å². The summed E-state index contributed by atoms with van der Waals surface area (Å²) >= 11 is 0. The zero-order chi connectivity index (χ0) is 22.3. The zero-order valence-corrected chi connectivity index (χ0v) is 17.1. The van der Waals surface area contributed by atoms with Crippen LogP contribution in [-0.2, 0) is 16.0 Å². The molecular formula is C23H22N3O5-. The number of aryl methyl sites for hydroxylation is 1. The second-order valence-electron chi connectivity index (χ2n) is 7.61. The Hall–Kier alpha value is -3.62. The van der Waals surface area contributed by atoms with Gasteiger partial charge in [0.15, 0.2) is 11.5 Å². The Morgan fingerprint density at radius 2 is 1.97 bits per heavy atom. The molecule has 2 heterocycles. The molecule has 1 aromatic heterocycles. The lowest BCUT2D eigenvalue weighted by atomic mass is 9.96.